The molecule has 0 spiro atoms. The fraction of sp³-hybridized carbons (Fsp3) is 0.250. The van der Waals surface area contributed by atoms with Gasteiger partial charge in [0.15, 0.2) is 0 Å². The van der Waals surface area contributed by atoms with Gasteiger partial charge in [-0.2, -0.15) is 0 Å². The molecule has 0 aliphatic rings. The Morgan fingerprint density at radius 3 is 2.65 bits per heavy atom. The van der Waals surface area contributed by atoms with E-state index < -0.39 is 17.7 Å². The Bertz CT molecular complexity index is 584. The smallest absolute Gasteiger partial charge is 0.129 e. The molecule has 0 heterocycles. The lowest BCUT2D eigenvalue weighted by Gasteiger charge is -2.13. The highest BCUT2D eigenvalue weighted by Crippen LogP contribution is 2.23. The number of halogens is 2. The van der Waals surface area contributed by atoms with Crippen molar-refractivity contribution in [1.29, 1.82) is 0 Å². The summed E-state index contributed by atoms with van der Waals surface area (Å²) in [5, 5.41) is 10.1. The minimum atomic E-state index is -0.865. The van der Waals surface area contributed by atoms with Gasteiger partial charge in [0.1, 0.15) is 17.4 Å². The average Bonchev–Trinajstić information content (AvgIpc) is 2.42. The topological polar surface area (TPSA) is 29.5 Å². The highest BCUT2D eigenvalue weighted by molar-refractivity contribution is 5.31. The lowest BCUT2D eigenvalue weighted by Crippen LogP contribution is -2.04. The second kappa shape index (κ2) is 6.48. The quantitative estimate of drug-likeness (QED) is 0.904. The molecule has 106 valence electrons. The van der Waals surface area contributed by atoms with Gasteiger partial charge >= 0.3 is 0 Å². The molecular formula is C16H16F2O2. The van der Waals surface area contributed by atoms with Gasteiger partial charge in [0.05, 0.1) is 12.7 Å². The first-order valence-corrected chi connectivity index (χ1v) is 6.45. The molecule has 2 aromatic rings. The second-order valence-corrected chi connectivity index (χ2v) is 4.46. The lowest BCUT2D eigenvalue weighted by molar-refractivity contribution is 0.176. The molecule has 4 heteroatoms. The van der Waals surface area contributed by atoms with Crippen molar-refractivity contribution in [2.75, 3.05) is 6.61 Å². The number of aliphatic hydroxyl groups is 1. The fourth-order valence-electron chi connectivity index (χ4n) is 1.99. The van der Waals surface area contributed by atoms with Crippen LogP contribution in [0.2, 0.25) is 0 Å². The van der Waals surface area contributed by atoms with E-state index in [1.54, 1.807) is 24.3 Å². The van der Waals surface area contributed by atoms with Crippen LogP contribution in [0.5, 0.6) is 5.75 Å². The number of ether oxygens (including phenoxy) is 1. The molecule has 2 aromatic carbocycles. The normalized spacial score (nSPS) is 12.2. The van der Waals surface area contributed by atoms with E-state index in [1.165, 1.54) is 12.1 Å². The third kappa shape index (κ3) is 3.54. The number of rotatable bonds is 5. The molecule has 2 rings (SSSR count). The summed E-state index contributed by atoms with van der Waals surface area (Å²) in [4.78, 5) is 0. The number of hydrogen-bond donors (Lipinski definition) is 1. The van der Waals surface area contributed by atoms with Crippen molar-refractivity contribution in [2.24, 2.45) is 0 Å². The van der Waals surface area contributed by atoms with Gasteiger partial charge < -0.3 is 9.84 Å². The zero-order valence-corrected chi connectivity index (χ0v) is 11.1. The molecule has 0 fully saturated rings. The first-order chi connectivity index (χ1) is 9.60. The van der Waals surface area contributed by atoms with E-state index in [9.17, 15) is 13.9 Å². The number of aliphatic hydroxyl groups excluding tert-OH is 1. The van der Waals surface area contributed by atoms with E-state index in [4.69, 9.17) is 4.74 Å². The molecule has 20 heavy (non-hydrogen) atoms. The molecule has 1 atom stereocenters. The summed E-state index contributed by atoms with van der Waals surface area (Å²) in [6.07, 6.45) is -0.780. The van der Waals surface area contributed by atoms with Gasteiger partial charge in [0.2, 0.25) is 0 Å². The van der Waals surface area contributed by atoms with E-state index >= 15 is 0 Å². The summed E-state index contributed by atoms with van der Waals surface area (Å²) in [7, 11) is 0. The standard InChI is InChI=1S/C16H16F2O2/c1-2-20-14-5-3-4-12(8-14)16(19)9-11-6-7-13(17)10-15(11)18/h3-8,10,16,19H,2,9H2,1H3. The van der Waals surface area contributed by atoms with Crippen LogP contribution >= 0.6 is 0 Å². The molecular weight excluding hydrogens is 262 g/mol. The predicted molar refractivity (Wildman–Crippen MR) is 72.6 cm³/mol. The molecule has 0 bridgehead atoms. The molecule has 0 aliphatic carbocycles. The van der Waals surface area contributed by atoms with Crippen molar-refractivity contribution >= 4 is 0 Å². The van der Waals surface area contributed by atoms with Crippen LogP contribution in [-0.2, 0) is 6.42 Å². The Kier molecular flexibility index (Phi) is 4.69. The third-order valence-corrected chi connectivity index (χ3v) is 2.98. The highest BCUT2D eigenvalue weighted by atomic mass is 19.1. The van der Waals surface area contributed by atoms with E-state index in [2.05, 4.69) is 0 Å². The average molecular weight is 278 g/mol. The number of benzene rings is 2. The van der Waals surface area contributed by atoms with Crippen molar-refractivity contribution in [3.05, 3.63) is 65.2 Å². The molecule has 0 amide bonds. The second-order valence-electron chi connectivity index (χ2n) is 4.46. The van der Waals surface area contributed by atoms with E-state index in [0.29, 0.717) is 17.9 Å². The molecule has 0 saturated heterocycles. The van der Waals surface area contributed by atoms with Crippen LogP contribution in [0.3, 0.4) is 0 Å². The van der Waals surface area contributed by atoms with Crippen LogP contribution in [0.4, 0.5) is 8.78 Å². The SMILES string of the molecule is CCOc1cccc(C(O)Cc2ccc(F)cc2F)c1. The third-order valence-electron chi connectivity index (χ3n) is 2.98. The highest BCUT2D eigenvalue weighted by Gasteiger charge is 2.13. The van der Waals surface area contributed by atoms with Crippen LogP contribution in [-0.4, -0.2) is 11.7 Å². The Labute approximate surface area is 116 Å². The summed E-state index contributed by atoms with van der Waals surface area (Å²) in [5.74, 6) is -0.618. The first-order valence-electron chi connectivity index (χ1n) is 6.45. The predicted octanol–water partition coefficient (Wildman–Crippen LogP) is 3.64. The largest absolute Gasteiger partial charge is 0.494 e. The molecule has 0 aliphatic heterocycles. The van der Waals surface area contributed by atoms with Gasteiger partial charge in [-0.3, -0.25) is 0 Å². The minimum Gasteiger partial charge on any atom is -0.494 e. The van der Waals surface area contributed by atoms with Crippen LogP contribution in [0, 0.1) is 11.6 Å². The monoisotopic (exact) mass is 278 g/mol. The van der Waals surface area contributed by atoms with Gasteiger partial charge in [-0.15, -0.1) is 0 Å². The molecule has 0 radical (unpaired) electrons. The maximum atomic E-state index is 13.6. The Hall–Kier alpha value is -1.94. The van der Waals surface area contributed by atoms with Crippen molar-refractivity contribution in [1.82, 2.24) is 0 Å². The first kappa shape index (κ1) is 14.5. The zero-order chi connectivity index (χ0) is 14.5. The van der Waals surface area contributed by atoms with E-state index in [-0.39, 0.29) is 12.0 Å². The van der Waals surface area contributed by atoms with Crippen molar-refractivity contribution in [2.45, 2.75) is 19.4 Å². The van der Waals surface area contributed by atoms with Crippen molar-refractivity contribution in [3.8, 4) is 5.75 Å². The Morgan fingerprint density at radius 2 is 1.95 bits per heavy atom. The number of hydrogen-bond acceptors (Lipinski definition) is 2. The van der Waals surface area contributed by atoms with Crippen molar-refractivity contribution < 1.29 is 18.6 Å². The minimum absolute atomic E-state index is 0.0850. The Morgan fingerprint density at radius 1 is 1.15 bits per heavy atom. The van der Waals surface area contributed by atoms with Gasteiger partial charge in [-0.05, 0) is 36.2 Å². The van der Waals surface area contributed by atoms with Gasteiger partial charge in [-0.1, -0.05) is 18.2 Å². The lowest BCUT2D eigenvalue weighted by atomic mass is 10.0. The summed E-state index contributed by atoms with van der Waals surface area (Å²) in [5.41, 5.74) is 0.917. The van der Waals surface area contributed by atoms with Crippen molar-refractivity contribution in [3.63, 3.8) is 0 Å². The fourth-order valence-corrected chi connectivity index (χ4v) is 1.99. The Balaban J connectivity index is 2.15. The van der Waals surface area contributed by atoms with Crippen LogP contribution in [0.15, 0.2) is 42.5 Å². The summed E-state index contributed by atoms with van der Waals surface area (Å²) in [6.45, 7) is 2.41. The molecule has 2 nitrogen and oxygen atoms in total. The molecule has 0 saturated carbocycles. The van der Waals surface area contributed by atoms with Gasteiger partial charge in [0.25, 0.3) is 0 Å². The maximum Gasteiger partial charge on any atom is 0.129 e. The summed E-state index contributed by atoms with van der Waals surface area (Å²) >= 11 is 0. The van der Waals surface area contributed by atoms with Gasteiger partial charge in [-0.25, -0.2) is 8.78 Å². The molecule has 1 N–H and O–H groups in total. The maximum absolute atomic E-state index is 13.6. The van der Waals surface area contributed by atoms with E-state index in [0.717, 1.165) is 6.07 Å². The van der Waals surface area contributed by atoms with E-state index in [1.807, 2.05) is 6.92 Å². The summed E-state index contributed by atoms with van der Waals surface area (Å²) < 4.78 is 31.7. The van der Waals surface area contributed by atoms with Gasteiger partial charge in [0, 0.05) is 12.5 Å². The van der Waals surface area contributed by atoms with Crippen LogP contribution < -0.4 is 4.74 Å². The molecule has 1 unspecified atom stereocenters. The van der Waals surface area contributed by atoms with Crippen LogP contribution in [0.25, 0.3) is 0 Å². The van der Waals surface area contributed by atoms with Crippen LogP contribution in [0.1, 0.15) is 24.2 Å². The summed E-state index contributed by atoms with van der Waals surface area (Å²) in [6, 6.07) is 10.4. The zero-order valence-electron chi connectivity index (χ0n) is 11.1. The molecule has 0 aromatic heterocycles.